The van der Waals surface area contributed by atoms with Crippen LogP contribution in [0.15, 0.2) is 41.1 Å². The Morgan fingerprint density at radius 1 is 1.40 bits per heavy atom. The van der Waals surface area contributed by atoms with Gasteiger partial charge in [0.25, 0.3) is 0 Å². The normalized spacial score (nSPS) is 12.4. The molecule has 2 rings (SSSR count). The third-order valence-electron chi connectivity index (χ3n) is 2.06. The summed E-state index contributed by atoms with van der Waals surface area (Å²) >= 11 is 5.74. The number of anilines is 1. The van der Waals surface area contributed by atoms with Crippen molar-refractivity contribution in [2.75, 3.05) is 5.32 Å². The largest absolute Gasteiger partial charge is 0.467 e. The summed E-state index contributed by atoms with van der Waals surface area (Å²) in [6.07, 6.45) is 3.27. The second kappa shape index (κ2) is 4.36. The molecule has 0 spiro atoms. The minimum absolute atomic E-state index is 0.0914. The lowest BCUT2D eigenvalue weighted by Gasteiger charge is -2.11. The molecular formula is C11H11ClN2O. The Labute approximate surface area is 93.1 Å². The van der Waals surface area contributed by atoms with Crippen LogP contribution >= 0.6 is 11.6 Å². The van der Waals surface area contributed by atoms with Gasteiger partial charge in [-0.1, -0.05) is 11.6 Å². The topological polar surface area (TPSA) is 38.1 Å². The van der Waals surface area contributed by atoms with Gasteiger partial charge >= 0.3 is 0 Å². The van der Waals surface area contributed by atoms with Gasteiger partial charge in [0, 0.05) is 6.20 Å². The molecule has 0 aliphatic heterocycles. The van der Waals surface area contributed by atoms with E-state index in [-0.39, 0.29) is 6.04 Å². The molecule has 0 amide bonds. The van der Waals surface area contributed by atoms with Gasteiger partial charge in [-0.05, 0) is 31.2 Å². The Kier molecular flexibility index (Phi) is 2.92. The minimum atomic E-state index is 0.0914. The molecule has 0 aromatic carbocycles. The summed E-state index contributed by atoms with van der Waals surface area (Å²) in [6, 6.07) is 7.51. The monoisotopic (exact) mass is 222 g/mol. The Hall–Kier alpha value is -1.48. The molecule has 4 heteroatoms. The average Bonchev–Trinajstić information content (AvgIpc) is 2.74. The molecule has 15 heavy (non-hydrogen) atoms. The van der Waals surface area contributed by atoms with Crippen LogP contribution in [0.1, 0.15) is 18.7 Å². The van der Waals surface area contributed by atoms with E-state index in [1.165, 1.54) is 0 Å². The van der Waals surface area contributed by atoms with Crippen molar-refractivity contribution in [3.8, 4) is 0 Å². The maximum absolute atomic E-state index is 5.74. The molecule has 0 saturated carbocycles. The van der Waals surface area contributed by atoms with Gasteiger partial charge in [-0.15, -0.1) is 0 Å². The van der Waals surface area contributed by atoms with Gasteiger partial charge in [0.1, 0.15) is 11.6 Å². The first kappa shape index (κ1) is 10.1. The highest BCUT2D eigenvalue weighted by atomic mass is 35.5. The van der Waals surface area contributed by atoms with Crippen molar-refractivity contribution in [1.82, 2.24) is 4.98 Å². The molecule has 0 saturated heterocycles. The van der Waals surface area contributed by atoms with Crippen LogP contribution in [0, 0.1) is 0 Å². The van der Waals surface area contributed by atoms with Crippen molar-refractivity contribution in [2.24, 2.45) is 0 Å². The van der Waals surface area contributed by atoms with E-state index in [9.17, 15) is 0 Å². The maximum Gasteiger partial charge on any atom is 0.126 e. The van der Waals surface area contributed by atoms with E-state index in [0.29, 0.717) is 5.02 Å². The van der Waals surface area contributed by atoms with E-state index in [1.54, 1.807) is 18.5 Å². The van der Waals surface area contributed by atoms with E-state index in [2.05, 4.69) is 10.3 Å². The molecule has 0 radical (unpaired) electrons. The Morgan fingerprint density at radius 3 is 2.87 bits per heavy atom. The third-order valence-corrected chi connectivity index (χ3v) is 2.29. The number of furan rings is 1. The zero-order valence-corrected chi connectivity index (χ0v) is 9.03. The van der Waals surface area contributed by atoms with E-state index in [0.717, 1.165) is 11.6 Å². The molecule has 0 fully saturated rings. The second-order valence-electron chi connectivity index (χ2n) is 3.24. The van der Waals surface area contributed by atoms with Gasteiger partial charge in [0.05, 0.1) is 17.3 Å². The first-order chi connectivity index (χ1) is 7.25. The van der Waals surface area contributed by atoms with Crippen LogP contribution in [-0.4, -0.2) is 4.98 Å². The fourth-order valence-corrected chi connectivity index (χ4v) is 1.40. The van der Waals surface area contributed by atoms with Crippen molar-refractivity contribution in [2.45, 2.75) is 13.0 Å². The van der Waals surface area contributed by atoms with Crippen molar-refractivity contribution in [3.05, 3.63) is 47.5 Å². The van der Waals surface area contributed by atoms with Gasteiger partial charge in [0.2, 0.25) is 0 Å². The predicted octanol–water partition coefficient (Wildman–Crippen LogP) is 3.50. The molecule has 0 bridgehead atoms. The summed E-state index contributed by atoms with van der Waals surface area (Å²) in [6.45, 7) is 2.01. The van der Waals surface area contributed by atoms with Crippen LogP contribution in [0.3, 0.4) is 0 Å². The van der Waals surface area contributed by atoms with Crippen molar-refractivity contribution >= 4 is 17.4 Å². The molecule has 1 atom stereocenters. The summed E-state index contributed by atoms with van der Waals surface area (Å²) in [5.41, 5.74) is 0. The zero-order valence-electron chi connectivity index (χ0n) is 8.27. The van der Waals surface area contributed by atoms with Crippen LogP contribution in [0.4, 0.5) is 5.82 Å². The lowest BCUT2D eigenvalue weighted by molar-refractivity contribution is 0.490. The standard InChI is InChI=1S/C11H11ClN2O/c1-8(10-3-2-6-15-10)14-11-5-4-9(12)7-13-11/h2-8H,1H3,(H,13,14). The highest BCUT2D eigenvalue weighted by molar-refractivity contribution is 6.30. The first-order valence-electron chi connectivity index (χ1n) is 4.67. The Bertz CT molecular complexity index is 411. The van der Waals surface area contributed by atoms with Gasteiger partial charge in [-0.3, -0.25) is 0 Å². The highest BCUT2D eigenvalue weighted by Gasteiger charge is 2.07. The summed E-state index contributed by atoms with van der Waals surface area (Å²) in [4.78, 5) is 4.14. The lowest BCUT2D eigenvalue weighted by atomic mass is 10.2. The van der Waals surface area contributed by atoms with Crippen LogP contribution in [0.25, 0.3) is 0 Å². The van der Waals surface area contributed by atoms with Crippen LogP contribution in [-0.2, 0) is 0 Å². The van der Waals surface area contributed by atoms with Crippen LogP contribution < -0.4 is 5.32 Å². The number of hydrogen-bond donors (Lipinski definition) is 1. The molecule has 2 aromatic heterocycles. The molecule has 1 N–H and O–H groups in total. The van der Waals surface area contributed by atoms with Crippen LogP contribution in [0.2, 0.25) is 5.02 Å². The second-order valence-corrected chi connectivity index (χ2v) is 3.68. The lowest BCUT2D eigenvalue weighted by Crippen LogP contribution is -2.06. The number of hydrogen-bond acceptors (Lipinski definition) is 3. The molecule has 2 heterocycles. The third kappa shape index (κ3) is 2.50. The average molecular weight is 223 g/mol. The fourth-order valence-electron chi connectivity index (χ4n) is 1.29. The minimum Gasteiger partial charge on any atom is -0.467 e. The van der Waals surface area contributed by atoms with E-state index < -0.39 is 0 Å². The quantitative estimate of drug-likeness (QED) is 0.864. The molecule has 0 aliphatic carbocycles. The first-order valence-corrected chi connectivity index (χ1v) is 5.05. The van der Waals surface area contributed by atoms with Gasteiger partial charge in [0.15, 0.2) is 0 Å². The van der Waals surface area contributed by atoms with E-state index >= 15 is 0 Å². The van der Waals surface area contributed by atoms with Crippen molar-refractivity contribution in [1.29, 1.82) is 0 Å². The highest BCUT2D eigenvalue weighted by Crippen LogP contribution is 2.18. The Balaban J connectivity index is 2.06. The SMILES string of the molecule is CC(Nc1ccc(Cl)cn1)c1ccco1. The van der Waals surface area contributed by atoms with E-state index in [4.69, 9.17) is 16.0 Å². The van der Waals surface area contributed by atoms with Gasteiger partial charge in [-0.2, -0.15) is 0 Å². The molecule has 1 unspecified atom stereocenters. The molecule has 3 nitrogen and oxygen atoms in total. The zero-order chi connectivity index (χ0) is 10.7. The number of rotatable bonds is 3. The number of halogens is 1. The summed E-state index contributed by atoms with van der Waals surface area (Å²) in [7, 11) is 0. The number of pyridine rings is 1. The number of aromatic nitrogens is 1. The smallest absolute Gasteiger partial charge is 0.126 e. The van der Waals surface area contributed by atoms with Gasteiger partial charge in [-0.25, -0.2) is 4.98 Å². The Morgan fingerprint density at radius 2 is 2.27 bits per heavy atom. The van der Waals surface area contributed by atoms with Crippen molar-refractivity contribution in [3.63, 3.8) is 0 Å². The van der Waals surface area contributed by atoms with E-state index in [1.807, 2.05) is 25.1 Å². The number of nitrogens with zero attached hydrogens (tertiary/aromatic N) is 1. The number of nitrogens with one attached hydrogen (secondary N) is 1. The predicted molar refractivity (Wildman–Crippen MR) is 60.0 cm³/mol. The maximum atomic E-state index is 5.74. The summed E-state index contributed by atoms with van der Waals surface area (Å²) < 4.78 is 5.27. The summed E-state index contributed by atoms with van der Waals surface area (Å²) in [5.74, 6) is 1.66. The van der Waals surface area contributed by atoms with Gasteiger partial charge < -0.3 is 9.73 Å². The molecular weight excluding hydrogens is 212 g/mol. The van der Waals surface area contributed by atoms with Crippen LogP contribution in [0.5, 0.6) is 0 Å². The molecule has 2 aromatic rings. The molecule has 78 valence electrons. The molecule has 0 aliphatic rings. The fraction of sp³-hybridized carbons (Fsp3) is 0.182. The van der Waals surface area contributed by atoms with Crippen molar-refractivity contribution < 1.29 is 4.42 Å². The summed E-state index contributed by atoms with van der Waals surface area (Å²) in [5, 5.41) is 3.84.